The van der Waals surface area contributed by atoms with Crippen molar-refractivity contribution in [3.05, 3.63) is 36.5 Å². The van der Waals surface area contributed by atoms with Crippen molar-refractivity contribution in [3.8, 4) is 0 Å². The number of hydrogen-bond donors (Lipinski definition) is 2. The highest BCUT2D eigenvalue weighted by Gasteiger charge is 2.23. The highest BCUT2D eigenvalue weighted by molar-refractivity contribution is 7.46. The van der Waals surface area contributed by atoms with Gasteiger partial charge < -0.3 is 19.3 Å². The van der Waals surface area contributed by atoms with Gasteiger partial charge in [0, 0.05) is 12.8 Å². The van der Waals surface area contributed by atoms with Gasteiger partial charge in [-0.25, -0.2) is 4.57 Å². The molecule has 0 heterocycles. The number of phosphoric acid groups is 1. The molecule has 0 rings (SSSR count). The second-order valence-electron chi connectivity index (χ2n) is 15.7. The lowest BCUT2D eigenvalue weighted by Crippen LogP contribution is -2.29. The fourth-order valence-electron chi connectivity index (χ4n) is 6.63. The molecule has 0 bridgehead atoms. The molecule has 8 nitrogen and oxygen atoms in total. The van der Waals surface area contributed by atoms with E-state index in [4.69, 9.17) is 19.3 Å². The van der Waals surface area contributed by atoms with Crippen molar-refractivity contribution in [3.63, 3.8) is 0 Å². The second-order valence-corrected chi connectivity index (χ2v) is 17.0. The zero-order chi connectivity index (χ0) is 41.1. The molecule has 0 spiro atoms. The van der Waals surface area contributed by atoms with E-state index in [2.05, 4.69) is 54.8 Å². The van der Waals surface area contributed by atoms with Gasteiger partial charge in [-0.05, 0) is 70.6 Å². The maximum Gasteiger partial charge on any atom is 0.469 e. The molecule has 0 aliphatic carbocycles. The summed E-state index contributed by atoms with van der Waals surface area (Å²) in [6.45, 7) is 3.68. The molecule has 1 unspecified atom stereocenters. The number of esters is 2. The first-order valence-corrected chi connectivity index (χ1v) is 24.8. The minimum Gasteiger partial charge on any atom is -0.462 e. The van der Waals surface area contributed by atoms with E-state index in [1.165, 1.54) is 148 Å². The topological polar surface area (TPSA) is 119 Å². The predicted octanol–water partition coefficient (Wildman–Crippen LogP) is 14.5. The molecule has 328 valence electrons. The summed E-state index contributed by atoms with van der Waals surface area (Å²) in [4.78, 5) is 43.0. The number of rotatable bonds is 43. The Morgan fingerprint density at radius 3 is 1.23 bits per heavy atom. The Kier molecular flexibility index (Phi) is 41.5. The summed E-state index contributed by atoms with van der Waals surface area (Å²) in [6.07, 6.45) is 51.5. The third-order valence-corrected chi connectivity index (χ3v) is 10.6. The number of carbonyl (C=O) groups excluding carboxylic acids is 2. The van der Waals surface area contributed by atoms with Gasteiger partial charge in [-0.2, -0.15) is 0 Å². The Hall–Kier alpha value is -1.73. The first-order valence-electron chi connectivity index (χ1n) is 23.3. The van der Waals surface area contributed by atoms with Crippen molar-refractivity contribution in [2.24, 2.45) is 0 Å². The van der Waals surface area contributed by atoms with Crippen molar-refractivity contribution < 1.29 is 37.9 Å². The van der Waals surface area contributed by atoms with Crippen LogP contribution in [0.5, 0.6) is 0 Å². The Morgan fingerprint density at radius 2 is 0.804 bits per heavy atom. The van der Waals surface area contributed by atoms with E-state index in [9.17, 15) is 14.2 Å². The summed E-state index contributed by atoms with van der Waals surface area (Å²) >= 11 is 0. The second kappa shape index (κ2) is 42.9. The minimum atomic E-state index is -4.76. The summed E-state index contributed by atoms with van der Waals surface area (Å²) in [6, 6.07) is 0. The van der Waals surface area contributed by atoms with Crippen LogP contribution in [0.4, 0.5) is 0 Å². The predicted molar refractivity (Wildman–Crippen MR) is 235 cm³/mol. The zero-order valence-corrected chi connectivity index (χ0v) is 37.2. The molecule has 0 amide bonds. The molecule has 0 fully saturated rings. The fraction of sp³-hybridized carbons (Fsp3) is 0.830. The largest absolute Gasteiger partial charge is 0.469 e. The van der Waals surface area contributed by atoms with Crippen molar-refractivity contribution in [2.45, 2.75) is 238 Å². The summed E-state index contributed by atoms with van der Waals surface area (Å²) in [5, 5.41) is 0. The Bertz CT molecular complexity index is 1000. The average molecular weight is 811 g/mol. The van der Waals surface area contributed by atoms with E-state index in [-0.39, 0.29) is 19.4 Å². The number of unbranched alkanes of at least 4 members (excludes halogenated alkanes) is 27. The van der Waals surface area contributed by atoms with Gasteiger partial charge in [-0.1, -0.05) is 185 Å². The van der Waals surface area contributed by atoms with Crippen molar-refractivity contribution in [2.75, 3.05) is 13.2 Å². The van der Waals surface area contributed by atoms with Crippen LogP contribution in [0, 0.1) is 0 Å². The number of carbonyl (C=O) groups is 2. The molecule has 0 aromatic heterocycles. The van der Waals surface area contributed by atoms with E-state index >= 15 is 0 Å². The van der Waals surface area contributed by atoms with Crippen molar-refractivity contribution >= 4 is 19.8 Å². The first kappa shape index (κ1) is 54.3. The fourth-order valence-corrected chi connectivity index (χ4v) is 6.99. The maximum absolute atomic E-state index is 12.4. The maximum atomic E-state index is 12.4. The number of ether oxygens (including phenoxy) is 2. The molecule has 1 atom stereocenters. The van der Waals surface area contributed by atoms with Crippen LogP contribution >= 0.6 is 7.82 Å². The normalized spacial score (nSPS) is 12.7. The first-order chi connectivity index (χ1) is 27.3. The van der Waals surface area contributed by atoms with Crippen LogP contribution in [0.25, 0.3) is 0 Å². The summed E-state index contributed by atoms with van der Waals surface area (Å²) in [5.74, 6) is -0.889. The quantitative estimate of drug-likeness (QED) is 0.0270. The Labute approximate surface area is 344 Å². The third-order valence-electron chi connectivity index (χ3n) is 10.1. The van der Waals surface area contributed by atoms with E-state index in [0.717, 1.165) is 51.4 Å². The highest BCUT2D eigenvalue weighted by Crippen LogP contribution is 2.36. The minimum absolute atomic E-state index is 0.203. The van der Waals surface area contributed by atoms with Gasteiger partial charge in [0.05, 0.1) is 6.61 Å². The summed E-state index contributed by atoms with van der Waals surface area (Å²) < 4.78 is 26.5. The van der Waals surface area contributed by atoms with Gasteiger partial charge in [0.1, 0.15) is 6.61 Å². The van der Waals surface area contributed by atoms with Crippen molar-refractivity contribution in [1.82, 2.24) is 0 Å². The van der Waals surface area contributed by atoms with Gasteiger partial charge in [0.25, 0.3) is 0 Å². The number of phosphoric ester groups is 1. The van der Waals surface area contributed by atoms with Gasteiger partial charge in [-0.3, -0.25) is 14.1 Å². The van der Waals surface area contributed by atoms with Gasteiger partial charge in [-0.15, -0.1) is 0 Å². The van der Waals surface area contributed by atoms with Crippen LogP contribution in [-0.4, -0.2) is 41.0 Å². The molecule has 0 aliphatic heterocycles. The Balaban J connectivity index is 3.86. The van der Waals surface area contributed by atoms with Gasteiger partial charge in [0.2, 0.25) is 0 Å². The molecule has 0 aliphatic rings. The van der Waals surface area contributed by atoms with E-state index in [1.807, 2.05) is 0 Å². The molecular formula is C47H87O8P. The molecule has 0 radical (unpaired) electrons. The monoisotopic (exact) mass is 811 g/mol. The van der Waals surface area contributed by atoms with Gasteiger partial charge in [0.15, 0.2) is 6.10 Å². The summed E-state index contributed by atoms with van der Waals surface area (Å²) in [7, 11) is -4.76. The van der Waals surface area contributed by atoms with E-state index < -0.39 is 32.5 Å². The lowest BCUT2D eigenvalue weighted by molar-refractivity contribution is -0.161. The average Bonchev–Trinajstić information content (AvgIpc) is 3.17. The lowest BCUT2D eigenvalue weighted by atomic mass is 10.1. The van der Waals surface area contributed by atoms with Crippen LogP contribution < -0.4 is 0 Å². The molecular weight excluding hydrogens is 723 g/mol. The van der Waals surface area contributed by atoms with Gasteiger partial charge >= 0.3 is 19.8 Å². The molecule has 0 aromatic rings. The van der Waals surface area contributed by atoms with Crippen LogP contribution in [0.1, 0.15) is 232 Å². The van der Waals surface area contributed by atoms with Crippen molar-refractivity contribution in [1.29, 1.82) is 0 Å². The van der Waals surface area contributed by atoms with Crippen LogP contribution in [-0.2, 0) is 28.2 Å². The molecule has 0 aromatic carbocycles. The highest BCUT2D eigenvalue weighted by atomic mass is 31.2. The lowest BCUT2D eigenvalue weighted by Gasteiger charge is -2.18. The van der Waals surface area contributed by atoms with Crippen LogP contribution in [0.2, 0.25) is 0 Å². The van der Waals surface area contributed by atoms with Crippen LogP contribution in [0.3, 0.4) is 0 Å². The molecule has 0 saturated carbocycles. The smallest absolute Gasteiger partial charge is 0.462 e. The summed E-state index contributed by atoms with van der Waals surface area (Å²) in [5.41, 5.74) is 0. The number of allylic oxidation sites excluding steroid dienone is 6. The molecule has 56 heavy (non-hydrogen) atoms. The molecule has 9 heteroatoms. The SMILES string of the molecule is CCCCC/C=C\C/C=C\CCCCCCCCCC(=O)OC(COC(=O)CCCCCCCCCCC/C=C\CCCCCCCCCC)COP(=O)(O)O. The van der Waals surface area contributed by atoms with E-state index in [0.29, 0.717) is 6.42 Å². The Morgan fingerprint density at radius 1 is 0.464 bits per heavy atom. The van der Waals surface area contributed by atoms with E-state index in [1.54, 1.807) is 0 Å². The molecule has 2 N–H and O–H groups in total. The zero-order valence-electron chi connectivity index (χ0n) is 36.3. The third kappa shape index (κ3) is 45.0. The molecule has 0 saturated heterocycles. The number of hydrogen-bond acceptors (Lipinski definition) is 6. The van der Waals surface area contributed by atoms with Crippen LogP contribution in [0.15, 0.2) is 36.5 Å². The standard InChI is InChI=1S/C47H87O8P/c1-3-5-7-9-11-13-15-17-19-21-22-23-24-26-27-29-31-33-35-37-39-41-46(48)53-43-45(44-54-56(50,51)52)55-47(49)42-40-38-36-34-32-30-28-25-20-18-16-14-12-10-8-6-4-2/h12,14,18,20-22,45H,3-11,13,15-17,19,23-44H2,1-2H3,(H2,50,51,52)/b14-12-,20-18-,22-21-.